The summed E-state index contributed by atoms with van der Waals surface area (Å²) in [7, 11) is 0. The van der Waals surface area contributed by atoms with Gasteiger partial charge in [-0.2, -0.15) is 0 Å². The molecule has 5 nitrogen and oxygen atoms in total. The molecule has 0 atom stereocenters. The lowest BCUT2D eigenvalue weighted by atomic mass is 10.2. The highest BCUT2D eigenvalue weighted by Crippen LogP contribution is 2.19. The van der Waals surface area contributed by atoms with Crippen LogP contribution in [0.1, 0.15) is 0 Å². The van der Waals surface area contributed by atoms with E-state index >= 15 is 0 Å². The Hall–Kier alpha value is -2.51. The Morgan fingerprint density at radius 3 is 2.44 bits per heavy atom. The van der Waals surface area contributed by atoms with E-state index in [1.807, 2.05) is 24.3 Å². The van der Waals surface area contributed by atoms with Gasteiger partial charge in [-0.25, -0.2) is 4.39 Å². The van der Waals surface area contributed by atoms with Crippen LogP contribution in [0.25, 0.3) is 16.6 Å². The summed E-state index contributed by atoms with van der Waals surface area (Å²) in [4.78, 5) is 18.0. The number of rotatable bonds is 2. The van der Waals surface area contributed by atoms with Crippen LogP contribution in [0, 0.1) is 10.6 Å². The molecule has 1 fully saturated rings. The summed E-state index contributed by atoms with van der Waals surface area (Å²) >= 11 is 5.33. The summed E-state index contributed by atoms with van der Waals surface area (Å²) in [6, 6.07) is 11.7. The number of aromatic nitrogens is 2. The molecule has 3 aromatic rings. The zero-order chi connectivity index (χ0) is 17.4. The highest BCUT2D eigenvalue weighted by molar-refractivity contribution is 7.71. The van der Waals surface area contributed by atoms with Crippen LogP contribution in [-0.4, -0.2) is 35.9 Å². The van der Waals surface area contributed by atoms with E-state index in [4.69, 9.17) is 17.0 Å². The molecule has 0 unspecified atom stereocenters. The third-order valence-corrected chi connectivity index (χ3v) is 4.63. The van der Waals surface area contributed by atoms with Crippen LogP contribution in [0.4, 0.5) is 10.1 Å². The normalized spacial score (nSPS) is 14.8. The molecule has 0 amide bonds. The maximum atomic E-state index is 13.5. The SMILES string of the molecule is O=c1c2cc(F)ccc2[nH]c(=S)n1-c1ccc(N2CCOCC2)cc1. The van der Waals surface area contributed by atoms with Crippen LogP contribution in [-0.2, 0) is 4.74 Å². The lowest BCUT2D eigenvalue weighted by Gasteiger charge is -2.28. The van der Waals surface area contributed by atoms with Crippen molar-refractivity contribution in [1.29, 1.82) is 0 Å². The van der Waals surface area contributed by atoms with Crippen LogP contribution < -0.4 is 10.5 Å². The number of anilines is 1. The Bertz CT molecular complexity index is 1040. The van der Waals surface area contributed by atoms with Crippen molar-refractivity contribution in [2.45, 2.75) is 0 Å². The standard InChI is InChI=1S/C18H16FN3O2S/c19-12-1-6-16-15(11-12)17(23)22(18(25)20-16)14-4-2-13(3-5-14)21-7-9-24-10-8-21/h1-6,11H,7-10H2,(H,20,25). The number of aromatic amines is 1. The summed E-state index contributed by atoms with van der Waals surface area (Å²) in [6.45, 7) is 3.11. The van der Waals surface area contributed by atoms with Gasteiger partial charge in [0.2, 0.25) is 0 Å². The van der Waals surface area contributed by atoms with E-state index in [0.29, 0.717) is 24.4 Å². The summed E-state index contributed by atoms with van der Waals surface area (Å²) in [6.07, 6.45) is 0. The first-order chi connectivity index (χ1) is 12.1. The Balaban J connectivity index is 1.79. The topological polar surface area (TPSA) is 50.3 Å². The molecule has 0 aliphatic carbocycles. The molecule has 1 aromatic heterocycles. The average molecular weight is 357 g/mol. The van der Waals surface area contributed by atoms with Gasteiger partial charge in [0.05, 0.1) is 29.8 Å². The largest absolute Gasteiger partial charge is 0.378 e. The van der Waals surface area contributed by atoms with Gasteiger partial charge in [0.1, 0.15) is 5.82 Å². The monoisotopic (exact) mass is 357 g/mol. The minimum atomic E-state index is -0.454. The number of nitrogens with zero attached hydrogens (tertiary/aromatic N) is 2. The quantitative estimate of drug-likeness (QED) is 0.717. The van der Waals surface area contributed by atoms with Crippen molar-refractivity contribution in [2.24, 2.45) is 0 Å². The van der Waals surface area contributed by atoms with Gasteiger partial charge in [-0.05, 0) is 54.7 Å². The Morgan fingerprint density at radius 2 is 1.72 bits per heavy atom. The Labute approximate surface area is 148 Å². The van der Waals surface area contributed by atoms with Gasteiger partial charge in [0.25, 0.3) is 5.56 Å². The molecule has 4 rings (SSSR count). The van der Waals surface area contributed by atoms with E-state index in [-0.39, 0.29) is 15.7 Å². The summed E-state index contributed by atoms with van der Waals surface area (Å²) in [5.74, 6) is -0.454. The minimum Gasteiger partial charge on any atom is -0.378 e. The van der Waals surface area contributed by atoms with Gasteiger partial charge in [-0.1, -0.05) is 0 Å². The van der Waals surface area contributed by atoms with E-state index in [9.17, 15) is 9.18 Å². The second-order valence-electron chi connectivity index (χ2n) is 5.88. The van der Waals surface area contributed by atoms with Gasteiger partial charge in [-0.3, -0.25) is 9.36 Å². The van der Waals surface area contributed by atoms with E-state index in [1.165, 1.54) is 22.8 Å². The van der Waals surface area contributed by atoms with E-state index in [2.05, 4.69) is 9.88 Å². The first-order valence-corrected chi connectivity index (χ1v) is 8.42. The van der Waals surface area contributed by atoms with Crippen LogP contribution in [0.5, 0.6) is 0 Å². The number of halogens is 1. The number of benzene rings is 2. The molecule has 25 heavy (non-hydrogen) atoms. The number of hydrogen-bond acceptors (Lipinski definition) is 4. The third kappa shape index (κ3) is 2.96. The summed E-state index contributed by atoms with van der Waals surface area (Å²) in [5.41, 5.74) is 1.91. The first-order valence-electron chi connectivity index (χ1n) is 8.01. The molecule has 0 saturated carbocycles. The zero-order valence-corrected chi connectivity index (χ0v) is 14.2. The molecule has 128 valence electrons. The smallest absolute Gasteiger partial charge is 0.266 e. The molecular formula is C18H16FN3O2S. The number of morpholine rings is 1. The predicted molar refractivity (Wildman–Crippen MR) is 97.7 cm³/mol. The van der Waals surface area contributed by atoms with Crippen molar-refractivity contribution >= 4 is 28.8 Å². The molecule has 2 aromatic carbocycles. The fourth-order valence-corrected chi connectivity index (χ4v) is 3.35. The zero-order valence-electron chi connectivity index (χ0n) is 13.4. The maximum absolute atomic E-state index is 13.5. The van der Waals surface area contributed by atoms with Gasteiger partial charge < -0.3 is 14.6 Å². The fraction of sp³-hybridized carbons (Fsp3) is 0.222. The van der Waals surface area contributed by atoms with Crippen molar-refractivity contribution in [3.63, 3.8) is 0 Å². The molecular weight excluding hydrogens is 341 g/mol. The van der Waals surface area contributed by atoms with E-state index in [1.54, 1.807) is 0 Å². The number of nitrogens with one attached hydrogen (secondary N) is 1. The number of ether oxygens (including phenoxy) is 1. The fourth-order valence-electron chi connectivity index (χ4n) is 3.05. The van der Waals surface area contributed by atoms with E-state index < -0.39 is 5.82 Å². The van der Waals surface area contributed by atoms with Crippen molar-refractivity contribution < 1.29 is 9.13 Å². The summed E-state index contributed by atoms with van der Waals surface area (Å²) < 4.78 is 20.5. The molecule has 0 radical (unpaired) electrons. The van der Waals surface area contributed by atoms with E-state index in [0.717, 1.165) is 18.8 Å². The van der Waals surface area contributed by atoms with Crippen LogP contribution in [0.2, 0.25) is 0 Å². The van der Waals surface area contributed by atoms with Gasteiger partial charge >= 0.3 is 0 Å². The third-order valence-electron chi connectivity index (χ3n) is 4.34. The second kappa shape index (κ2) is 6.42. The molecule has 1 N–H and O–H groups in total. The van der Waals surface area contributed by atoms with Gasteiger partial charge in [-0.15, -0.1) is 0 Å². The molecule has 0 bridgehead atoms. The van der Waals surface area contributed by atoms with Crippen molar-refractivity contribution in [3.8, 4) is 5.69 Å². The second-order valence-corrected chi connectivity index (χ2v) is 6.26. The Kier molecular flexibility index (Phi) is 4.10. The van der Waals surface area contributed by atoms with Crippen molar-refractivity contribution in [3.05, 3.63) is 63.4 Å². The van der Waals surface area contributed by atoms with Crippen LogP contribution >= 0.6 is 12.2 Å². The molecule has 2 heterocycles. The lowest BCUT2D eigenvalue weighted by Crippen LogP contribution is -2.36. The predicted octanol–water partition coefficient (Wildman–Crippen LogP) is 3.02. The number of fused-ring (bicyclic) bond motifs is 1. The number of hydrogen-bond donors (Lipinski definition) is 1. The van der Waals surface area contributed by atoms with Gasteiger partial charge in [0.15, 0.2) is 4.77 Å². The molecule has 1 aliphatic heterocycles. The molecule has 1 aliphatic rings. The van der Waals surface area contributed by atoms with Crippen LogP contribution in [0.15, 0.2) is 47.3 Å². The lowest BCUT2D eigenvalue weighted by molar-refractivity contribution is 0.122. The highest BCUT2D eigenvalue weighted by atomic mass is 32.1. The summed E-state index contributed by atoms with van der Waals surface area (Å²) in [5, 5.41) is 0.269. The minimum absolute atomic E-state index is 0.269. The molecule has 1 saturated heterocycles. The Morgan fingerprint density at radius 1 is 1.04 bits per heavy atom. The maximum Gasteiger partial charge on any atom is 0.266 e. The molecule has 7 heteroatoms. The van der Waals surface area contributed by atoms with Crippen molar-refractivity contribution in [1.82, 2.24) is 9.55 Å². The van der Waals surface area contributed by atoms with Crippen LogP contribution in [0.3, 0.4) is 0 Å². The van der Waals surface area contributed by atoms with Gasteiger partial charge in [0, 0.05) is 18.8 Å². The highest BCUT2D eigenvalue weighted by Gasteiger charge is 2.12. The first kappa shape index (κ1) is 16.0. The molecule has 0 spiro atoms. The van der Waals surface area contributed by atoms with Crippen molar-refractivity contribution in [2.75, 3.05) is 31.2 Å². The number of H-pyrrole nitrogens is 1. The average Bonchev–Trinajstić information content (AvgIpc) is 2.64.